The molecule has 3 N–H and O–H groups in total. The lowest BCUT2D eigenvalue weighted by Crippen LogP contribution is -2.58. The Bertz CT molecular complexity index is 305. The number of carboxylic acid groups (broad SMARTS) is 1. The van der Waals surface area contributed by atoms with Gasteiger partial charge in [0.05, 0.1) is 0 Å². The molecular weight excluding hydrogens is 220 g/mol. The molecule has 1 atom stereocenters. The molecule has 0 aromatic carbocycles. The first-order valence-corrected chi connectivity index (χ1v) is 5.95. The zero-order valence-corrected chi connectivity index (χ0v) is 10.2. The summed E-state index contributed by atoms with van der Waals surface area (Å²) < 4.78 is 0. The van der Waals surface area contributed by atoms with Gasteiger partial charge in [0.2, 0.25) is 0 Å². The van der Waals surface area contributed by atoms with Gasteiger partial charge in [-0.3, -0.25) is 0 Å². The molecule has 0 saturated heterocycles. The average Bonchev–Trinajstić information content (AvgIpc) is 2.22. The number of rotatable bonds is 6. The quantitative estimate of drug-likeness (QED) is 0.618. The van der Waals surface area contributed by atoms with Crippen molar-refractivity contribution in [2.75, 3.05) is 0 Å². The van der Waals surface area contributed by atoms with Gasteiger partial charge in [0.25, 0.3) is 0 Å². The highest BCUT2D eigenvalue weighted by molar-refractivity contribution is 5.83. The van der Waals surface area contributed by atoms with Crippen molar-refractivity contribution in [3.05, 3.63) is 12.7 Å². The minimum Gasteiger partial charge on any atom is -0.480 e. The highest BCUT2D eigenvalue weighted by atomic mass is 16.4. The molecule has 1 saturated carbocycles. The van der Waals surface area contributed by atoms with Gasteiger partial charge in [0, 0.05) is 5.54 Å². The van der Waals surface area contributed by atoms with E-state index in [1.165, 1.54) is 6.08 Å². The van der Waals surface area contributed by atoms with E-state index in [0.717, 1.165) is 25.7 Å². The first-order chi connectivity index (χ1) is 8.03. The van der Waals surface area contributed by atoms with Crippen molar-refractivity contribution < 1.29 is 14.7 Å². The largest absolute Gasteiger partial charge is 0.480 e. The van der Waals surface area contributed by atoms with Crippen molar-refractivity contribution in [2.24, 2.45) is 0 Å². The van der Waals surface area contributed by atoms with Gasteiger partial charge in [-0.25, -0.2) is 9.59 Å². The molecule has 1 unspecified atom stereocenters. The van der Waals surface area contributed by atoms with Crippen LogP contribution in [0.4, 0.5) is 4.79 Å². The second-order valence-electron chi connectivity index (χ2n) is 4.50. The van der Waals surface area contributed by atoms with Crippen molar-refractivity contribution in [3.8, 4) is 0 Å². The van der Waals surface area contributed by atoms with E-state index in [1.54, 1.807) is 0 Å². The Morgan fingerprint density at radius 1 is 1.53 bits per heavy atom. The molecule has 96 valence electrons. The van der Waals surface area contributed by atoms with E-state index in [0.29, 0.717) is 0 Å². The Morgan fingerprint density at radius 3 is 2.53 bits per heavy atom. The van der Waals surface area contributed by atoms with Crippen LogP contribution >= 0.6 is 0 Å². The van der Waals surface area contributed by atoms with Crippen molar-refractivity contribution in [1.82, 2.24) is 10.6 Å². The number of urea groups is 1. The number of amides is 2. The molecule has 0 radical (unpaired) electrons. The zero-order chi connectivity index (χ0) is 12.9. The molecule has 0 heterocycles. The summed E-state index contributed by atoms with van der Waals surface area (Å²) in [6, 6.07) is -1.30. The van der Waals surface area contributed by atoms with E-state index < -0.39 is 18.0 Å². The van der Waals surface area contributed by atoms with Crippen LogP contribution in [0.15, 0.2) is 12.7 Å². The number of hydrogen-bond donors (Lipinski definition) is 3. The number of carboxylic acids is 1. The molecule has 5 nitrogen and oxygen atoms in total. The lowest BCUT2D eigenvalue weighted by molar-refractivity contribution is -0.139. The average molecular weight is 240 g/mol. The van der Waals surface area contributed by atoms with Crippen LogP contribution < -0.4 is 10.6 Å². The SMILES string of the molecule is C=CCC(NC(=O)NC1(CC)CCC1)C(=O)O. The highest BCUT2D eigenvalue weighted by Crippen LogP contribution is 2.34. The van der Waals surface area contributed by atoms with E-state index in [1.807, 2.05) is 6.92 Å². The van der Waals surface area contributed by atoms with Crippen molar-refractivity contribution >= 4 is 12.0 Å². The van der Waals surface area contributed by atoms with Crippen LogP contribution in [0.5, 0.6) is 0 Å². The predicted molar refractivity (Wildman–Crippen MR) is 64.8 cm³/mol. The van der Waals surface area contributed by atoms with Gasteiger partial charge in [-0.2, -0.15) is 0 Å². The van der Waals surface area contributed by atoms with Crippen molar-refractivity contribution in [3.63, 3.8) is 0 Å². The maximum Gasteiger partial charge on any atom is 0.326 e. The molecule has 2 amide bonds. The van der Waals surface area contributed by atoms with Gasteiger partial charge in [-0.1, -0.05) is 13.0 Å². The molecular formula is C12H20N2O3. The molecule has 5 heteroatoms. The maximum absolute atomic E-state index is 11.7. The van der Waals surface area contributed by atoms with Crippen molar-refractivity contribution in [2.45, 2.75) is 50.6 Å². The van der Waals surface area contributed by atoms with E-state index in [2.05, 4.69) is 17.2 Å². The summed E-state index contributed by atoms with van der Waals surface area (Å²) in [6.07, 6.45) is 5.63. The minimum atomic E-state index is -1.04. The van der Waals surface area contributed by atoms with Crippen LogP contribution in [-0.4, -0.2) is 28.7 Å². The Labute approximate surface area is 101 Å². The first kappa shape index (κ1) is 13.5. The lowest BCUT2D eigenvalue weighted by Gasteiger charge is -2.42. The van der Waals surface area contributed by atoms with E-state index in [4.69, 9.17) is 5.11 Å². The van der Waals surface area contributed by atoms with Crippen LogP contribution in [0.3, 0.4) is 0 Å². The first-order valence-electron chi connectivity index (χ1n) is 5.95. The molecule has 0 aromatic heterocycles. The summed E-state index contributed by atoms with van der Waals surface area (Å²) in [4.78, 5) is 22.5. The Balaban J connectivity index is 2.47. The minimum absolute atomic E-state index is 0.124. The lowest BCUT2D eigenvalue weighted by atomic mass is 9.75. The molecule has 0 bridgehead atoms. The van der Waals surface area contributed by atoms with Crippen molar-refractivity contribution in [1.29, 1.82) is 0 Å². The summed E-state index contributed by atoms with van der Waals surface area (Å²) in [5.41, 5.74) is -0.124. The molecule has 1 rings (SSSR count). The summed E-state index contributed by atoms with van der Waals surface area (Å²) in [6.45, 7) is 5.50. The second kappa shape index (κ2) is 5.70. The van der Waals surface area contributed by atoms with Crippen LogP contribution in [0.25, 0.3) is 0 Å². The third-order valence-corrected chi connectivity index (χ3v) is 3.37. The summed E-state index contributed by atoms with van der Waals surface area (Å²) in [7, 11) is 0. The summed E-state index contributed by atoms with van der Waals surface area (Å²) in [5, 5.41) is 14.2. The molecule has 1 fully saturated rings. The van der Waals surface area contributed by atoms with E-state index in [9.17, 15) is 9.59 Å². The van der Waals surface area contributed by atoms with Gasteiger partial charge in [0.15, 0.2) is 0 Å². The Morgan fingerprint density at radius 2 is 2.18 bits per heavy atom. The van der Waals surface area contributed by atoms with Gasteiger partial charge in [0.1, 0.15) is 6.04 Å². The van der Waals surface area contributed by atoms with Crippen LogP contribution in [0.2, 0.25) is 0 Å². The topological polar surface area (TPSA) is 78.4 Å². The number of carbonyl (C=O) groups excluding carboxylic acids is 1. The van der Waals surface area contributed by atoms with Gasteiger partial charge in [-0.05, 0) is 32.1 Å². The number of carbonyl (C=O) groups is 2. The summed E-state index contributed by atoms with van der Waals surface area (Å²) in [5.74, 6) is -1.04. The fourth-order valence-electron chi connectivity index (χ4n) is 1.99. The normalized spacial score (nSPS) is 18.6. The summed E-state index contributed by atoms with van der Waals surface area (Å²) >= 11 is 0. The molecule has 1 aliphatic rings. The van der Waals surface area contributed by atoms with E-state index >= 15 is 0 Å². The molecule has 0 spiro atoms. The van der Waals surface area contributed by atoms with Gasteiger partial charge >= 0.3 is 12.0 Å². The van der Waals surface area contributed by atoms with Gasteiger partial charge in [-0.15, -0.1) is 6.58 Å². The molecule has 0 aromatic rings. The standard InChI is InChI=1S/C12H20N2O3/c1-3-6-9(10(15)16)13-11(17)14-12(4-2)7-5-8-12/h3,9H,1,4-8H2,2H3,(H,15,16)(H2,13,14,17). The Hall–Kier alpha value is -1.52. The fourth-order valence-corrected chi connectivity index (χ4v) is 1.99. The van der Waals surface area contributed by atoms with Crippen LogP contribution in [-0.2, 0) is 4.79 Å². The molecule has 17 heavy (non-hydrogen) atoms. The smallest absolute Gasteiger partial charge is 0.326 e. The number of hydrogen-bond acceptors (Lipinski definition) is 2. The third-order valence-electron chi connectivity index (χ3n) is 3.37. The number of nitrogens with one attached hydrogen (secondary N) is 2. The van der Waals surface area contributed by atoms with Crippen LogP contribution in [0, 0.1) is 0 Å². The predicted octanol–water partition coefficient (Wildman–Crippen LogP) is 1.65. The fraction of sp³-hybridized carbons (Fsp3) is 0.667. The molecule has 0 aliphatic heterocycles. The molecule has 1 aliphatic carbocycles. The maximum atomic E-state index is 11.7. The second-order valence-corrected chi connectivity index (χ2v) is 4.50. The Kier molecular flexibility index (Phi) is 4.54. The number of aliphatic carboxylic acids is 1. The monoisotopic (exact) mass is 240 g/mol. The third kappa shape index (κ3) is 3.47. The zero-order valence-electron chi connectivity index (χ0n) is 10.2. The van der Waals surface area contributed by atoms with Crippen LogP contribution in [0.1, 0.15) is 39.0 Å². The van der Waals surface area contributed by atoms with E-state index in [-0.39, 0.29) is 12.0 Å². The highest BCUT2D eigenvalue weighted by Gasteiger charge is 2.36. The van der Waals surface area contributed by atoms with Gasteiger partial charge < -0.3 is 15.7 Å².